The van der Waals surface area contributed by atoms with Crippen LogP contribution in [-0.4, -0.2) is 44.1 Å². The molecule has 2 rings (SSSR count). The molecular formula is C17H20N2O4S. The molecule has 1 amide bonds. The predicted octanol–water partition coefficient (Wildman–Crippen LogP) is 1.32. The van der Waals surface area contributed by atoms with E-state index in [-0.39, 0.29) is 24.0 Å². The summed E-state index contributed by atoms with van der Waals surface area (Å²) in [5, 5.41) is 8.83. The van der Waals surface area contributed by atoms with Gasteiger partial charge in [-0.1, -0.05) is 18.2 Å². The zero-order valence-corrected chi connectivity index (χ0v) is 13.9. The molecule has 2 aromatic carbocycles. The van der Waals surface area contributed by atoms with E-state index in [9.17, 15) is 13.2 Å². The molecule has 3 N–H and O–H groups in total. The van der Waals surface area contributed by atoms with E-state index >= 15 is 0 Å². The van der Waals surface area contributed by atoms with Crippen LogP contribution in [0.15, 0.2) is 54.6 Å². The van der Waals surface area contributed by atoms with E-state index in [1.807, 2.05) is 6.07 Å². The maximum atomic E-state index is 12.8. The van der Waals surface area contributed by atoms with Crippen molar-refractivity contribution in [2.45, 2.75) is 0 Å². The molecule has 0 saturated heterocycles. The molecule has 0 bridgehead atoms. The number of aliphatic hydroxyl groups excluding tert-OH is 1. The number of rotatable bonds is 7. The van der Waals surface area contributed by atoms with Crippen LogP contribution in [0.3, 0.4) is 0 Å². The summed E-state index contributed by atoms with van der Waals surface area (Å²) in [5.41, 5.74) is 7.21. The molecule has 0 atom stereocenters. The molecule has 0 aliphatic carbocycles. The highest BCUT2D eigenvalue weighted by atomic mass is 32.2. The van der Waals surface area contributed by atoms with E-state index in [2.05, 4.69) is 0 Å². The first-order valence-electron chi connectivity index (χ1n) is 7.47. The van der Waals surface area contributed by atoms with Gasteiger partial charge in [-0.05, 0) is 36.4 Å². The van der Waals surface area contributed by atoms with Crippen LogP contribution in [-0.2, 0) is 9.84 Å². The van der Waals surface area contributed by atoms with Crippen LogP contribution < -0.4 is 10.6 Å². The van der Waals surface area contributed by atoms with Gasteiger partial charge in [-0.25, -0.2) is 8.42 Å². The van der Waals surface area contributed by atoms with E-state index < -0.39 is 16.4 Å². The molecule has 0 aromatic heterocycles. The lowest BCUT2D eigenvalue weighted by molar-refractivity contribution is 0.0988. The van der Waals surface area contributed by atoms with Gasteiger partial charge in [0.25, 0.3) is 5.91 Å². The number of hydrogen-bond acceptors (Lipinski definition) is 5. The average molecular weight is 348 g/mol. The van der Waals surface area contributed by atoms with Gasteiger partial charge in [0.15, 0.2) is 9.84 Å². The SMILES string of the molecule is Nc1ccc(C(=O)N(CCS(=O)(=O)CCO)c2ccccc2)cc1. The van der Waals surface area contributed by atoms with Crippen molar-refractivity contribution < 1.29 is 18.3 Å². The smallest absolute Gasteiger partial charge is 0.258 e. The maximum Gasteiger partial charge on any atom is 0.258 e. The van der Waals surface area contributed by atoms with Gasteiger partial charge in [-0.3, -0.25) is 4.79 Å². The summed E-state index contributed by atoms with van der Waals surface area (Å²) in [6.45, 7) is -0.421. The molecule has 24 heavy (non-hydrogen) atoms. The zero-order valence-electron chi connectivity index (χ0n) is 13.1. The van der Waals surface area contributed by atoms with Gasteiger partial charge in [0.1, 0.15) is 0 Å². The molecule has 0 fully saturated rings. The largest absolute Gasteiger partial charge is 0.399 e. The zero-order chi connectivity index (χ0) is 17.6. The molecular weight excluding hydrogens is 328 g/mol. The van der Waals surface area contributed by atoms with Gasteiger partial charge >= 0.3 is 0 Å². The van der Waals surface area contributed by atoms with Crippen molar-refractivity contribution in [3.8, 4) is 0 Å². The minimum atomic E-state index is -3.42. The second-order valence-corrected chi connectivity index (χ2v) is 7.59. The highest BCUT2D eigenvalue weighted by Crippen LogP contribution is 2.18. The number of nitrogens with two attached hydrogens (primary N) is 1. The summed E-state index contributed by atoms with van der Waals surface area (Å²) in [6.07, 6.45) is 0. The van der Waals surface area contributed by atoms with Crippen molar-refractivity contribution in [2.24, 2.45) is 0 Å². The van der Waals surface area contributed by atoms with Crippen molar-refractivity contribution in [1.82, 2.24) is 0 Å². The standard InChI is InChI=1S/C17H20N2O4S/c18-15-8-6-14(7-9-15)17(21)19(16-4-2-1-3-5-16)10-12-24(22,23)13-11-20/h1-9,20H,10-13,18H2. The fourth-order valence-electron chi connectivity index (χ4n) is 2.21. The summed E-state index contributed by atoms with van der Waals surface area (Å²) in [4.78, 5) is 14.2. The number of carbonyl (C=O) groups excluding carboxylic acids is 1. The number of nitrogen functional groups attached to an aromatic ring is 1. The summed E-state index contributed by atoms with van der Waals surface area (Å²) in [6, 6.07) is 15.3. The van der Waals surface area contributed by atoms with E-state index in [4.69, 9.17) is 10.8 Å². The van der Waals surface area contributed by atoms with Gasteiger partial charge in [0.05, 0.1) is 18.1 Å². The molecule has 7 heteroatoms. The summed E-state index contributed by atoms with van der Waals surface area (Å²) in [7, 11) is -3.42. The second-order valence-electron chi connectivity index (χ2n) is 5.29. The van der Waals surface area contributed by atoms with E-state index in [0.717, 1.165) is 0 Å². The number of anilines is 2. The number of sulfone groups is 1. The van der Waals surface area contributed by atoms with Crippen LogP contribution in [0.5, 0.6) is 0 Å². The quantitative estimate of drug-likeness (QED) is 0.735. The Bertz CT molecular complexity index is 774. The first-order valence-corrected chi connectivity index (χ1v) is 9.29. The van der Waals surface area contributed by atoms with Gasteiger partial charge in [0.2, 0.25) is 0 Å². The van der Waals surface area contributed by atoms with Gasteiger partial charge in [-0.15, -0.1) is 0 Å². The third-order valence-electron chi connectivity index (χ3n) is 3.50. The van der Waals surface area contributed by atoms with Crippen molar-refractivity contribution in [2.75, 3.05) is 35.3 Å². The molecule has 0 spiro atoms. The highest BCUT2D eigenvalue weighted by molar-refractivity contribution is 7.91. The van der Waals surface area contributed by atoms with E-state index in [0.29, 0.717) is 16.9 Å². The van der Waals surface area contributed by atoms with Crippen LogP contribution >= 0.6 is 0 Å². The first-order chi connectivity index (χ1) is 11.4. The van der Waals surface area contributed by atoms with Crippen LogP contribution in [0, 0.1) is 0 Å². The number of hydrogen-bond donors (Lipinski definition) is 2. The Labute approximate surface area is 141 Å². The second kappa shape index (κ2) is 7.94. The summed E-state index contributed by atoms with van der Waals surface area (Å²) < 4.78 is 23.7. The molecule has 0 saturated carbocycles. The Morgan fingerprint density at radius 2 is 1.62 bits per heavy atom. The number of benzene rings is 2. The predicted molar refractivity (Wildman–Crippen MR) is 94.7 cm³/mol. The monoisotopic (exact) mass is 348 g/mol. The van der Waals surface area contributed by atoms with Gasteiger partial charge in [0, 0.05) is 23.5 Å². The molecule has 128 valence electrons. The number of nitrogens with zero attached hydrogens (tertiary/aromatic N) is 1. The Morgan fingerprint density at radius 1 is 1.00 bits per heavy atom. The van der Waals surface area contributed by atoms with Crippen molar-refractivity contribution in [3.63, 3.8) is 0 Å². The Hall–Kier alpha value is -2.38. The Balaban J connectivity index is 2.26. The lowest BCUT2D eigenvalue weighted by atomic mass is 10.1. The molecule has 0 aliphatic rings. The van der Waals surface area contributed by atoms with Crippen LogP contribution in [0.25, 0.3) is 0 Å². The summed E-state index contributed by atoms with van der Waals surface area (Å²) >= 11 is 0. The molecule has 2 aromatic rings. The topological polar surface area (TPSA) is 101 Å². The number of amides is 1. The van der Waals surface area contributed by atoms with Gasteiger partial charge in [-0.2, -0.15) is 0 Å². The molecule has 0 radical (unpaired) electrons. The molecule has 0 unspecified atom stereocenters. The minimum absolute atomic E-state index is 0.00948. The van der Waals surface area contributed by atoms with Crippen molar-refractivity contribution in [1.29, 1.82) is 0 Å². The maximum absolute atomic E-state index is 12.8. The number of aliphatic hydroxyl groups is 1. The average Bonchev–Trinajstić information content (AvgIpc) is 2.56. The lowest BCUT2D eigenvalue weighted by Crippen LogP contribution is -2.36. The lowest BCUT2D eigenvalue weighted by Gasteiger charge is -2.23. The normalized spacial score (nSPS) is 11.2. The van der Waals surface area contributed by atoms with Crippen LogP contribution in [0.2, 0.25) is 0 Å². The van der Waals surface area contributed by atoms with Crippen LogP contribution in [0.4, 0.5) is 11.4 Å². The van der Waals surface area contributed by atoms with Crippen molar-refractivity contribution in [3.05, 3.63) is 60.2 Å². The van der Waals surface area contributed by atoms with E-state index in [1.165, 1.54) is 4.90 Å². The highest BCUT2D eigenvalue weighted by Gasteiger charge is 2.20. The molecule has 0 aliphatic heterocycles. The fraction of sp³-hybridized carbons (Fsp3) is 0.235. The minimum Gasteiger partial charge on any atom is -0.399 e. The Kier molecular flexibility index (Phi) is 5.94. The first kappa shape index (κ1) is 18.0. The third-order valence-corrected chi connectivity index (χ3v) is 5.11. The summed E-state index contributed by atoms with van der Waals surface area (Å²) in [5.74, 6) is -0.838. The van der Waals surface area contributed by atoms with Crippen molar-refractivity contribution >= 4 is 27.1 Å². The molecule has 0 heterocycles. The van der Waals surface area contributed by atoms with Gasteiger partial charge < -0.3 is 15.7 Å². The number of para-hydroxylation sites is 1. The third kappa shape index (κ3) is 4.81. The van der Waals surface area contributed by atoms with Crippen LogP contribution in [0.1, 0.15) is 10.4 Å². The Morgan fingerprint density at radius 3 is 2.21 bits per heavy atom. The molecule has 6 nitrogen and oxygen atoms in total. The van der Waals surface area contributed by atoms with E-state index in [1.54, 1.807) is 48.5 Å². The number of carbonyl (C=O) groups is 1. The fourth-order valence-corrected chi connectivity index (χ4v) is 3.15.